The Morgan fingerprint density at radius 2 is 1.97 bits per heavy atom. The zero-order valence-corrected chi connectivity index (χ0v) is 20.7. The molecular weight excluding hydrogens is 484 g/mol. The number of fused-ring (bicyclic) bond motifs is 1. The quantitative estimate of drug-likeness (QED) is 0.386. The number of halogens is 1. The van der Waals surface area contributed by atoms with Crippen molar-refractivity contribution < 1.29 is 33.3 Å². The minimum absolute atomic E-state index is 0.0130. The lowest BCUT2D eigenvalue weighted by atomic mass is 10.1. The van der Waals surface area contributed by atoms with Crippen LogP contribution in [0, 0.1) is 0 Å². The molecule has 35 heavy (non-hydrogen) atoms. The number of hydrogen-bond acceptors (Lipinski definition) is 12. The summed E-state index contributed by atoms with van der Waals surface area (Å²) in [5.41, 5.74) is 4.03. The highest BCUT2D eigenvalue weighted by Crippen LogP contribution is 2.37. The molecule has 0 bridgehead atoms. The number of hydrogen-bond donors (Lipinski definition) is 1. The van der Waals surface area contributed by atoms with Gasteiger partial charge >= 0.3 is 11.9 Å². The first-order chi connectivity index (χ1) is 16.8. The van der Waals surface area contributed by atoms with Crippen LogP contribution in [0.2, 0.25) is 5.28 Å². The van der Waals surface area contributed by atoms with Crippen molar-refractivity contribution in [3.05, 3.63) is 11.6 Å². The van der Waals surface area contributed by atoms with Gasteiger partial charge in [-0.2, -0.15) is 15.0 Å². The van der Waals surface area contributed by atoms with Crippen LogP contribution in [0.15, 0.2) is 6.33 Å². The van der Waals surface area contributed by atoms with Gasteiger partial charge in [-0.3, -0.25) is 19.6 Å². The van der Waals surface area contributed by atoms with E-state index in [1.807, 2.05) is 11.9 Å². The fraction of sp³-hybridized carbons (Fsp3) is 0.667. The Morgan fingerprint density at radius 1 is 1.23 bits per heavy atom. The molecule has 14 heteroatoms. The standard InChI is InChI=1S/C21H29ClN6O7/c1-5-32-14-7-6-8-28(14)26-18-15-19(25-21(22)24-18)27(10-23-15)20-17(34-12(3)30)16(33-11(2)29)13(35-20)9-31-4/h10,13-14,16-17,20H,5-9H2,1-4H3,(H,24,25,26)/t13-,14?,16-,17-,20+/m1/s1. The topological polar surface area (TPSA) is 139 Å². The van der Waals surface area contributed by atoms with Crippen molar-refractivity contribution in [2.45, 2.75) is 64.4 Å². The lowest BCUT2D eigenvalue weighted by molar-refractivity contribution is -0.165. The van der Waals surface area contributed by atoms with Crippen LogP contribution in [-0.4, -0.2) is 87.9 Å². The van der Waals surface area contributed by atoms with Gasteiger partial charge in [0.15, 0.2) is 35.4 Å². The van der Waals surface area contributed by atoms with E-state index >= 15 is 0 Å². The predicted octanol–water partition coefficient (Wildman–Crippen LogP) is 1.67. The summed E-state index contributed by atoms with van der Waals surface area (Å²) in [7, 11) is 1.49. The molecule has 0 spiro atoms. The molecule has 0 amide bonds. The summed E-state index contributed by atoms with van der Waals surface area (Å²) < 4.78 is 29.7. The van der Waals surface area contributed by atoms with E-state index in [4.69, 9.17) is 35.3 Å². The molecule has 2 fully saturated rings. The van der Waals surface area contributed by atoms with E-state index in [9.17, 15) is 9.59 Å². The Balaban J connectivity index is 1.70. The number of nitrogens with one attached hydrogen (secondary N) is 1. The summed E-state index contributed by atoms with van der Waals surface area (Å²) >= 11 is 6.27. The molecule has 2 aromatic heterocycles. The van der Waals surface area contributed by atoms with E-state index in [-0.39, 0.29) is 18.1 Å². The molecule has 5 atom stereocenters. The third kappa shape index (κ3) is 5.48. The van der Waals surface area contributed by atoms with Crippen molar-refractivity contribution in [2.75, 3.05) is 32.3 Å². The lowest BCUT2D eigenvalue weighted by Crippen LogP contribution is -2.40. The first-order valence-corrected chi connectivity index (χ1v) is 11.7. The van der Waals surface area contributed by atoms with Crippen molar-refractivity contribution in [2.24, 2.45) is 0 Å². The number of methoxy groups -OCH3 is 1. The maximum Gasteiger partial charge on any atom is 0.303 e. The second-order valence-corrected chi connectivity index (χ2v) is 8.53. The fourth-order valence-corrected chi connectivity index (χ4v) is 4.57. The zero-order chi connectivity index (χ0) is 25.1. The molecule has 0 aromatic carbocycles. The molecule has 2 aliphatic heterocycles. The number of carbonyl (C=O) groups is 2. The van der Waals surface area contributed by atoms with Crippen LogP contribution in [0.5, 0.6) is 0 Å². The van der Waals surface area contributed by atoms with Crippen LogP contribution >= 0.6 is 11.6 Å². The maximum atomic E-state index is 11.9. The summed E-state index contributed by atoms with van der Waals surface area (Å²) in [4.78, 5) is 36.8. The van der Waals surface area contributed by atoms with E-state index in [1.165, 1.54) is 27.3 Å². The number of hydrazine groups is 1. The van der Waals surface area contributed by atoms with Gasteiger partial charge in [0.2, 0.25) is 5.28 Å². The van der Waals surface area contributed by atoms with Crippen LogP contribution in [0.4, 0.5) is 5.82 Å². The van der Waals surface area contributed by atoms with Gasteiger partial charge in [0.1, 0.15) is 12.3 Å². The van der Waals surface area contributed by atoms with Crippen molar-refractivity contribution in [1.82, 2.24) is 24.5 Å². The minimum atomic E-state index is -0.972. The molecule has 0 saturated carbocycles. The van der Waals surface area contributed by atoms with Gasteiger partial charge in [-0.05, 0) is 31.4 Å². The average molecular weight is 513 g/mol. The monoisotopic (exact) mass is 512 g/mol. The zero-order valence-electron chi connectivity index (χ0n) is 20.0. The van der Waals surface area contributed by atoms with E-state index < -0.39 is 36.5 Å². The van der Waals surface area contributed by atoms with Gasteiger partial charge in [0.25, 0.3) is 0 Å². The molecule has 1 N–H and O–H groups in total. The maximum absolute atomic E-state index is 11.9. The summed E-state index contributed by atoms with van der Waals surface area (Å²) in [6, 6.07) is 0. The number of carbonyl (C=O) groups excluding carboxylic acids is 2. The van der Waals surface area contributed by atoms with Crippen molar-refractivity contribution >= 4 is 40.5 Å². The van der Waals surface area contributed by atoms with Gasteiger partial charge in [-0.25, -0.2) is 4.98 Å². The average Bonchev–Trinajstić information content (AvgIpc) is 3.48. The highest BCUT2D eigenvalue weighted by molar-refractivity contribution is 6.28. The van der Waals surface area contributed by atoms with Crippen molar-refractivity contribution in [3.63, 3.8) is 0 Å². The van der Waals surface area contributed by atoms with Gasteiger partial charge in [-0.1, -0.05) is 0 Å². The lowest BCUT2D eigenvalue weighted by Gasteiger charge is -2.25. The third-order valence-electron chi connectivity index (χ3n) is 5.70. The first-order valence-electron chi connectivity index (χ1n) is 11.4. The van der Waals surface area contributed by atoms with Crippen LogP contribution in [-0.2, 0) is 33.3 Å². The van der Waals surface area contributed by atoms with Crippen molar-refractivity contribution in [1.29, 1.82) is 0 Å². The van der Waals surface area contributed by atoms with E-state index in [0.29, 0.717) is 23.6 Å². The number of nitrogens with zero attached hydrogens (tertiary/aromatic N) is 5. The molecule has 2 aromatic rings. The molecule has 1 unspecified atom stereocenters. The second kappa shape index (κ2) is 11.0. The second-order valence-electron chi connectivity index (χ2n) is 8.19. The molecule has 192 valence electrons. The molecule has 4 heterocycles. The summed E-state index contributed by atoms with van der Waals surface area (Å²) in [6.07, 6.45) is -0.229. The van der Waals surface area contributed by atoms with Gasteiger partial charge in [0.05, 0.1) is 12.9 Å². The smallest absolute Gasteiger partial charge is 0.303 e. The van der Waals surface area contributed by atoms with Crippen molar-refractivity contribution in [3.8, 4) is 0 Å². The number of imidazole rings is 1. The molecule has 4 rings (SSSR count). The Morgan fingerprint density at radius 3 is 2.66 bits per heavy atom. The molecule has 2 saturated heterocycles. The first kappa shape index (κ1) is 25.5. The summed E-state index contributed by atoms with van der Waals surface area (Å²) in [5.74, 6) is -0.703. The number of aromatic nitrogens is 4. The number of anilines is 1. The molecule has 13 nitrogen and oxygen atoms in total. The molecule has 0 aliphatic carbocycles. The molecule has 2 aliphatic rings. The SMILES string of the molecule is CCOC1CCCN1Nc1nc(Cl)nc2c1ncn2[C@H]1O[C@H](COC)[C@@H](OC(C)=O)[C@H]1OC(C)=O. The highest BCUT2D eigenvalue weighted by Gasteiger charge is 2.50. The van der Waals surface area contributed by atoms with Gasteiger partial charge in [-0.15, -0.1) is 0 Å². The fourth-order valence-electron chi connectivity index (χ4n) is 4.40. The van der Waals surface area contributed by atoms with Crippen LogP contribution in [0.1, 0.15) is 39.8 Å². The van der Waals surface area contributed by atoms with E-state index in [1.54, 1.807) is 4.57 Å². The summed E-state index contributed by atoms with van der Waals surface area (Å²) in [5, 5.41) is 1.93. The van der Waals surface area contributed by atoms with E-state index in [0.717, 1.165) is 19.4 Å². The van der Waals surface area contributed by atoms with Gasteiger partial charge in [0, 0.05) is 34.1 Å². The molecular formula is C21H29ClN6O7. The Labute approximate surface area is 206 Å². The van der Waals surface area contributed by atoms with Crippen LogP contribution in [0.3, 0.4) is 0 Å². The normalized spacial score (nSPS) is 26.8. The number of ether oxygens (including phenoxy) is 5. The van der Waals surface area contributed by atoms with Crippen LogP contribution in [0.25, 0.3) is 11.2 Å². The number of esters is 2. The minimum Gasteiger partial charge on any atom is -0.456 e. The van der Waals surface area contributed by atoms with E-state index in [2.05, 4.69) is 20.4 Å². The molecule has 0 radical (unpaired) electrons. The predicted molar refractivity (Wildman–Crippen MR) is 122 cm³/mol. The Bertz CT molecular complexity index is 1070. The Kier molecular flexibility index (Phi) is 8.02. The highest BCUT2D eigenvalue weighted by atomic mass is 35.5. The Hall–Kier alpha value is -2.58. The number of rotatable bonds is 9. The third-order valence-corrected chi connectivity index (χ3v) is 5.86. The van der Waals surface area contributed by atoms with Gasteiger partial charge < -0.3 is 23.7 Å². The largest absolute Gasteiger partial charge is 0.456 e. The van der Waals surface area contributed by atoms with Crippen LogP contribution < -0.4 is 5.43 Å². The summed E-state index contributed by atoms with van der Waals surface area (Å²) in [6.45, 7) is 5.93.